The molecule has 0 spiro atoms. The van der Waals surface area contributed by atoms with Gasteiger partial charge in [-0.15, -0.1) is 0 Å². The monoisotopic (exact) mass is 406 g/mol. The van der Waals surface area contributed by atoms with Crippen molar-refractivity contribution in [1.29, 1.82) is 0 Å². The van der Waals surface area contributed by atoms with E-state index in [-0.39, 0.29) is 5.91 Å². The van der Waals surface area contributed by atoms with E-state index in [2.05, 4.69) is 42.3 Å². The molecule has 150 valence electrons. The van der Waals surface area contributed by atoms with E-state index in [9.17, 15) is 13.6 Å². The molecule has 0 aliphatic carbocycles. The predicted molar refractivity (Wildman–Crippen MR) is 111 cm³/mol. The molecule has 1 heterocycles. The van der Waals surface area contributed by atoms with Gasteiger partial charge in [0.15, 0.2) is 6.54 Å². The van der Waals surface area contributed by atoms with Gasteiger partial charge in [-0.1, -0.05) is 23.9 Å². The van der Waals surface area contributed by atoms with Crippen LogP contribution in [-0.2, 0) is 4.79 Å². The smallest absolute Gasteiger partial charge is 0.288 e. The van der Waals surface area contributed by atoms with Crippen molar-refractivity contribution < 1.29 is 18.5 Å². The molecule has 1 saturated heterocycles. The van der Waals surface area contributed by atoms with E-state index >= 15 is 0 Å². The molecular weight excluding hydrogens is 380 g/mol. The second-order valence-corrected chi connectivity index (χ2v) is 8.15. The number of carbonyl (C=O) groups is 1. The third kappa shape index (κ3) is 5.45. The van der Waals surface area contributed by atoms with Crippen LogP contribution in [0.2, 0.25) is 0 Å². The molecule has 0 bridgehead atoms. The number of hydrogen-bond donors (Lipinski definition) is 2. The SMILES string of the molecule is Cc1cccc(N2CC[NH+](CC(=O)Nc3ccc(SC(F)F)cc3)CC2)c1C. The van der Waals surface area contributed by atoms with Gasteiger partial charge in [-0.3, -0.25) is 4.79 Å². The van der Waals surface area contributed by atoms with Crippen LogP contribution in [0, 0.1) is 13.8 Å². The Kier molecular flexibility index (Phi) is 6.91. The number of thioether (sulfide) groups is 1. The Labute approximate surface area is 168 Å². The van der Waals surface area contributed by atoms with Gasteiger partial charge in [-0.25, -0.2) is 0 Å². The van der Waals surface area contributed by atoms with Crippen LogP contribution in [0.5, 0.6) is 0 Å². The number of quaternary nitrogens is 1. The van der Waals surface area contributed by atoms with Crippen LogP contribution in [0.25, 0.3) is 0 Å². The molecular formula is C21H26F2N3OS+. The van der Waals surface area contributed by atoms with E-state index in [4.69, 9.17) is 0 Å². The molecule has 2 N–H and O–H groups in total. The quantitative estimate of drug-likeness (QED) is 0.725. The minimum Gasteiger partial charge on any atom is -0.360 e. The lowest BCUT2D eigenvalue weighted by Crippen LogP contribution is -3.15. The number of nitrogens with one attached hydrogen (secondary N) is 2. The fourth-order valence-corrected chi connectivity index (χ4v) is 3.97. The molecule has 4 nitrogen and oxygen atoms in total. The van der Waals surface area contributed by atoms with Gasteiger partial charge in [-0.2, -0.15) is 8.78 Å². The van der Waals surface area contributed by atoms with Gasteiger partial charge >= 0.3 is 0 Å². The average Bonchev–Trinajstić information content (AvgIpc) is 2.66. The van der Waals surface area contributed by atoms with E-state index in [0.717, 1.165) is 26.2 Å². The number of hydrogen-bond acceptors (Lipinski definition) is 3. The zero-order valence-corrected chi connectivity index (χ0v) is 17.0. The molecule has 28 heavy (non-hydrogen) atoms. The summed E-state index contributed by atoms with van der Waals surface area (Å²) in [6, 6.07) is 12.9. The Morgan fingerprint density at radius 2 is 1.82 bits per heavy atom. The maximum absolute atomic E-state index is 12.4. The van der Waals surface area contributed by atoms with Gasteiger partial charge < -0.3 is 15.1 Å². The van der Waals surface area contributed by atoms with E-state index in [1.165, 1.54) is 21.7 Å². The van der Waals surface area contributed by atoms with Crippen LogP contribution in [0.1, 0.15) is 11.1 Å². The first-order chi connectivity index (χ1) is 13.4. The summed E-state index contributed by atoms with van der Waals surface area (Å²) < 4.78 is 24.7. The lowest BCUT2D eigenvalue weighted by molar-refractivity contribution is -0.892. The molecule has 3 rings (SSSR count). The van der Waals surface area contributed by atoms with Crippen molar-refractivity contribution in [2.75, 3.05) is 42.9 Å². The molecule has 0 atom stereocenters. The number of benzene rings is 2. The Morgan fingerprint density at radius 1 is 1.14 bits per heavy atom. The first-order valence-electron chi connectivity index (χ1n) is 9.42. The number of amides is 1. The van der Waals surface area contributed by atoms with Crippen molar-refractivity contribution in [1.82, 2.24) is 0 Å². The third-order valence-corrected chi connectivity index (χ3v) is 5.88. The number of rotatable bonds is 6. The number of piperazine rings is 1. The highest BCUT2D eigenvalue weighted by atomic mass is 32.2. The fraction of sp³-hybridized carbons (Fsp3) is 0.381. The normalized spacial score (nSPS) is 15.1. The summed E-state index contributed by atoms with van der Waals surface area (Å²) in [6.07, 6.45) is 0. The maximum atomic E-state index is 12.4. The summed E-state index contributed by atoms with van der Waals surface area (Å²) in [4.78, 5) is 16.5. The highest BCUT2D eigenvalue weighted by molar-refractivity contribution is 7.99. The van der Waals surface area contributed by atoms with Crippen LogP contribution in [-0.4, -0.2) is 44.4 Å². The van der Waals surface area contributed by atoms with Crippen molar-refractivity contribution in [3.05, 3.63) is 53.6 Å². The number of aryl methyl sites for hydroxylation is 1. The summed E-state index contributed by atoms with van der Waals surface area (Å²) in [5, 5.41) is 2.86. The molecule has 0 saturated carbocycles. The first-order valence-corrected chi connectivity index (χ1v) is 10.3. The molecule has 2 aromatic rings. The highest BCUT2D eigenvalue weighted by Gasteiger charge is 2.23. The van der Waals surface area contributed by atoms with Crippen molar-refractivity contribution in [3.63, 3.8) is 0 Å². The van der Waals surface area contributed by atoms with Gasteiger partial charge in [0.1, 0.15) is 0 Å². The minimum atomic E-state index is -2.44. The topological polar surface area (TPSA) is 36.8 Å². The molecule has 2 aromatic carbocycles. The number of halogens is 2. The average molecular weight is 407 g/mol. The summed E-state index contributed by atoms with van der Waals surface area (Å²) in [5.74, 6) is -2.49. The lowest BCUT2D eigenvalue weighted by Gasteiger charge is -2.34. The van der Waals surface area contributed by atoms with Crippen molar-refractivity contribution in [2.24, 2.45) is 0 Å². The zero-order chi connectivity index (χ0) is 20.1. The molecule has 0 unspecified atom stereocenters. The number of carbonyl (C=O) groups excluding carboxylic acids is 1. The van der Waals surface area contributed by atoms with Crippen LogP contribution < -0.4 is 15.1 Å². The van der Waals surface area contributed by atoms with Crippen molar-refractivity contribution in [2.45, 2.75) is 24.5 Å². The number of nitrogens with zero attached hydrogens (tertiary/aromatic N) is 1. The predicted octanol–water partition coefficient (Wildman–Crippen LogP) is 2.96. The Bertz CT molecular complexity index is 806. The second-order valence-electron chi connectivity index (χ2n) is 7.08. The summed E-state index contributed by atoms with van der Waals surface area (Å²) in [6.45, 7) is 8.36. The third-order valence-electron chi connectivity index (χ3n) is 5.16. The lowest BCUT2D eigenvalue weighted by atomic mass is 10.1. The molecule has 0 radical (unpaired) electrons. The molecule has 1 aliphatic heterocycles. The van der Waals surface area contributed by atoms with Crippen LogP contribution in [0.3, 0.4) is 0 Å². The van der Waals surface area contributed by atoms with Gasteiger partial charge in [0.25, 0.3) is 11.7 Å². The van der Waals surface area contributed by atoms with Crippen LogP contribution >= 0.6 is 11.8 Å². The Balaban J connectivity index is 1.48. The largest absolute Gasteiger partial charge is 0.360 e. The van der Waals surface area contributed by atoms with E-state index in [0.29, 0.717) is 28.9 Å². The van der Waals surface area contributed by atoms with Crippen molar-refractivity contribution in [3.8, 4) is 0 Å². The minimum absolute atomic E-state index is 0.0514. The summed E-state index contributed by atoms with van der Waals surface area (Å²) in [7, 11) is 0. The summed E-state index contributed by atoms with van der Waals surface area (Å²) >= 11 is 0.500. The van der Waals surface area contributed by atoms with Crippen LogP contribution in [0.4, 0.5) is 20.2 Å². The van der Waals surface area contributed by atoms with E-state index in [1.807, 2.05) is 0 Å². The Hall–Kier alpha value is -2.12. The van der Waals surface area contributed by atoms with Crippen LogP contribution in [0.15, 0.2) is 47.4 Å². The molecule has 7 heteroatoms. The molecule has 1 amide bonds. The van der Waals surface area contributed by atoms with Gasteiger partial charge in [0.2, 0.25) is 0 Å². The molecule has 1 fully saturated rings. The summed E-state index contributed by atoms with van der Waals surface area (Å²) in [5.41, 5.74) is 4.53. The molecule has 0 aromatic heterocycles. The zero-order valence-electron chi connectivity index (χ0n) is 16.2. The maximum Gasteiger partial charge on any atom is 0.288 e. The van der Waals surface area contributed by atoms with E-state index < -0.39 is 5.76 Å². The number of alkyl halides is 2. The highest BCUT2D eigenvalue weighted by Crippen LogP contribution is 2.26. The molecule has 1 aliphatic rings. The fourth-order valence-electron chi connectivity index (χ4n) is 3.47. The van der Waals surface area contributed by atoms with Gasteiger partial charge in [-0.05, 0) is 55.3 Å². The standard InChI is InChI=1S/C21H25F2N3OS/c1-15-4-3-5-19(16(15)2)26-12-10-25(11-13-26)14-20(27)24-17-6-8-18(9-7-17)28-21(22)23/h3-9,21H,10-14H2,1-2H3,(H,24,27)/p+1. The first kappa shape index (κ1) is 20.6. The van der Waals surface area contributed by atoms with Crippen molar-refractivity contribution >= 4 is 29.0 Å². The Morgan fingerprint density at radius 3 is 2.46 bits per heavy atom. The number of anilines is 2. The van der Waals surface area contributed by atoms with E-state index in [1.54, 1.807) is 24.3 Å². The second kappa shape index (κ2) is 9.39. The van der Waals surface area contributed by atoms with Gasteiger partial charge in [0.05, 0.1) is 26.2 Å². The van der Waals surface area contributed by atoms with Gasteiger partial charge in [0, 0.05) is 16.3 Å².